The summed E-state index contributed by atoms with van der Waals surface area (Å²) in [7, 11) is 0. The van der Waals surface area contributed by atoms with Gasteiger partial charge in [0.2, 0.25) is 0 Å². The molecule has 0 saturated carbocycles. The lowest BCUT2D eigenvalue weighted by Crippen LogP contribution is -1.93. The molecule has 0 aliphatic carbocycles. The molecule has 0 amide bonds. The van der Waals surface area contributed by atoms with E-state index in [0.29, 0.717) is 5.56 Å². The molecule has 0 N–H and O–H groups in total. The molecule has 10 aromatic carbocycles. The molecule has 1 nitrogen and oxygen atoms in total. The number of hydrogen-bond donors (Lipinski definition) is 0. The van der Waals surface area contributed by atoms with Gasteiger partial charge in [-0.2, -0.15) is 0 Å². The van der Waals surface area contributed by atoms with E-state index < -0.39 is 245 Å². The molecule has 0 fully saturated rings. The lowest BCUT2D eigenvalue weighted by atomic mass is 9.82. The molecule has 0 bridgehead atoms. The average molecular weight is 699 g/mol. The first kappa shape index (κ1) is 13.9. The van der Waals surface area contributed by atoms with Gasteiger partial charge < -0.3 is 4.42 Å². The molecular formula is C52H32O. The molecular weight excluding hydrogens is 641 g/mol. The Bertz CT molecular complexity index is 4720. The van der Waals surface area contributed by atoms with Gasteiger partial charge in [0.1, 0.15) is 11.2 Å². The molecule has 1 heteroatoms. The summed E-state index contributed by atoms with van der Waals surface area (Å²) in [4.78, 5) is 0. The van der Waals surface area contributed by atoms with Crippen LogP contribution in [0.5, 0.6) is 0 Å². The molecule has 11 aromatic rings. The molecule has 0 radical (unpaired) electrons. The van der Waals surface area contributed by atoms with E-state index in [1.165, 1.54) is 0 Å². The molecule has 53 heavy (non-hydrogen) atoms. The number of fused-ring (bicyclic) bond motifs is 7. The Labute approximate surface area is 343 Å². The van der Waals surface area contributed by atoms with E-state index in [1.54, 1.807) is 30.3 Å². The monoisotopic (exact) mass is 698 g/mol. The molecule has 0 unspecified atom stereocenters. The van der Waals surface area contributed by atoms with Gasteiger partial charge in [-0.05, 0) is 130 Å². The smallest absolute Gasteiger partial charge is 0.136 e. The first-order valence-corrected chi connectivity index (χ1v) is 16.1. The summed E-state index contributed by atoms with van der Waals surface area (Å²) in [6.45, 7) is 0. The summed E-state index contributed by atoms with van der Waals surface area (Å²) in [5.74, 6) is 0. The second kappa shape index (κ2) is 11.8. The lowest BCUT2D eigenvalue weighted by Gasteiger charge is -2.20. The zero-order chi connectivity index (χ0) is 57.5. The zero-order valence-corrected chi connectivity index (χ0v) is 26.9. The van der Waals surface area contributed by atoms with Crippen LogP contribution in [-0.2, 0) is 0 Å². The van der Waals surface area contributed by atoms with E-state index in [2.05, 4.69) is 0 Å². The van der Waals surface area contributed by atoms with Crippen molar-refractivity contribution in [3.8, 4) is 44.5 Å². The van der Waals surface area contributed by atoms with Crippen molar-refractivity contribution in [3.05, 3.63) is 194 Å². The van der Waals surface area contributed by atoms with E-state index in [1.807, 2.05) is 0 Å². The van der Waals surface area contributed by atoms with E-state index in [0.717, 1.165) is 6.07 Å². The highest BCUT2D eigenvalue weighted by molar-refractivity contribution is 6.23. The van der Waals surface area contributed by atoms with Gasteiger partial charge in [-0.25, -0.2) is 0 Å². The third-order valence-corrected chi connectivity index (χ3v) is 8.96. The van der Waals surface area contributed by atoms with E-state index in [4.69, 9.17) is 23.6 Å². The highest BCUT2D eigenvalue weighted by Gasteiger charge is 2.20. The molecule has 0 spiro atoms. The van der Waals surface area contributed by atoms with Crippen LogP contribution in [0.4, 0.5) is 0 Å². The van der Waals surface area contributed by atoms with Crippen molar-refractivity contribution in [1.82, 2.24) is 0 Å². The van der Waals surface area contributed by atoms with Crippen LogP contribution in [-0.4, -0.2) is 0 Å². The molecule has 1 heterocycles. The van der Waals surface area contributed by atoms with Gasteiger partial charge in [-0.15, -0.1) is 0 Å². The first-order chi connectivity index (χ1) is 37.1. The molecule has 0 atom stereocenters. The van der Waals surface area contributed by atoms with Crippen molar-refractivity contribution in [1.29, 1.82) is 0 Å². The predicted octanol–water partition coefficient (Wildman–Crippen LogP) is 14.9. The summed E-state index contributed by atoms with van der Waals surface area (Å²) < 4.78 is 246. The summed E-state index contributed by atoms with van der Waals surface area (Å²) >= 11 is 0. The largest absolute Gasteiger partial charge is 0.456 e. The molecule has 1 aromatic heterocycles. The van der Waals surface area contributed by atoms with Gasteiger partial charge in [0.05, 0.1) is 35.6 Å². The van der Waals surface area contributed by atoms with Crippen LogP contribution in [0.1, 0.15) is 35.6 Å². The quantitative estimate of drug-likeness (QED) is 0.167. The Morgan fingerprint density at radius 1 is 0.321 bits per heavy atom. The second-order valence-corrected chi connectivity index (χ2v) is 12.0. The molecule has 0 saturated heterocycles. The van der Waals surface area contributed by atoms with Gasteiger partial charge >= 0.3 is 0 Å². The number of benzene rings is 10. The topological polar surface area (TPSA) is 13.1 Å². The third kappa shape index (κ3) is 4.79. The van der Waals surface area contributed by atoms with Crippen LogP contribution in [0.15, 0.2) is 198 Å². The van der Waals surface area contributed by atoms with Gasteiger partial charge in [-0.1, -0.05) is 151 Å². The Morgan fingerprint density at radius 3 is 1.74 bits per heavy atom. The predicted molar refractivity (Wildman–Crippen MR) is 225 cm³/mol. The van der Waals surface area contributed by atoms with Crippen LogP contribution < -0.4 is 0 Å². The fourth-order valence-corrected chi connectivity index (χ4v) is 6.62. The van der Waals surface area contributed by atoms with Crippen molar-refractivity contribution in [3.63, 3.8) is 0 Å². The molecule has 0 aliphatic rings. The Hall–Kier alpha value is -6.96. The zero-order valence-electron chi connectivity index (χ0n) is 52.9. The van der Waals surface area contributed by atoms with Crippen molar-refractivity contribution in [2.45, 2.75) is 0 Å². The molecule has 246 valence electrons. The summed E-state index contributed by atoms with van der Waals surface area (Å²) in [6, 6.07) is -13.0. The van der Waals surface area contributed by atoms with Crippen molar-refractivity contribution in [2.24, 2.45) is 0 Å². The van der Waals surface area contributed by atoms with Crippen LogP contribution in [0.2, 0.25) is 0 Å². The number of hydrogen-bond acceptors (Lipinski definition) is 1. The van der Waals surface area contributed by atoms with Crippen molar-refractivity contribution < 1.29 is 40.1 Å². The fourth-order valence-electron chi connectivity index (χ4n) is 6.62. The Morgan fingerprint density at radius 2 is 0.943 bits per heavy atom. The molecule has 0 aliphatic heterocycles. The normalized spacial score (nSPS) is 18.6. The van der Waals surface area contributed by atoms with Crippen LogP contribution in [0, 0.1) is 0 Å². The van der Waals surface area contributed by atoms with Crippen molar-refractivity contribution in [2.75, 3.05) is 0 Å². The lowest BCUT2D eigenvalue weighted by molar-refractivity contribution is 0.669. The van der Waals surface area contributed by atoms with Crippen molar-refractivity contribution >= 4 is 65.0 Å². The van der Waals surface area contributed by atoms with Crippen LogP contribution in [0.3, 0.4) is 0 Å². The number of furan rings is 1. The van der Waals surface area contributed by atoms with Gasteiger partial charge in [0.25, 0.3) is 0 Å². The minimum atomic E-state index is -0.983. The minimum absolute atomic E-state index is 0.0490. The fraction of sp³-hybridized carbons (Fsp3) is 0. The van der Waals surface area contributed by atoms with Gasteiger partial charge in [-0.3, -0.25) is 0 Å². The van der Waals surface area contributed by atoms with Crippen LogP contribution in [0.25, 0.3) is 110 Å². The summed E-state index contributed by atoms with van der Waals surface area (Å²) in [5, 5.41) is -5.86. The maximum Gasteiger partial charge on any atom is 0.136 e. The first-order valence-electron chi connectivity index (χ1n) is 29.1. The Balaban J connectivity index is 1.44. The van der Waals surface area contributed by atoms with E-state index in [-0.39, 0.29) is 16.5 Å². The maximum atomic E-state index is 10.2. The average Bonchev–Trinajstić information content (AvgIpc) is 3.98. The minimum Gasteiger partial charge on any atom is -0.456 e. The second-order valence-electron chi connectivity index (χ2n) is 12.0. The SMILES string of the molecule is [2H]c1cc2c(-c3c(-c4c([2H])c([2H])c5oc6c([2H])c(-c7ccccc7)c([2H])c([2H])c6c5c4[2H])c([2H])c4c([2H])c([2H])c([2H])c([2H])c4c3[2H])c3c([2H])c([2H])c([2H])c([2H])c3c(-c3c([2H])c([2H])c4c([2H])c([2H])c([2H])c([2H])c4c3[2H])c2c([2H])c1[2H]. The Kier molecular flexibility index (Phi) is 3.09. The highest BCUT2D eigenvalue weighted by Crippen LogP contribution is 2.48. The maximum absolute atomic E-state index is 10.2. The van der Waals surface area contributed by atoms with Gasteiger partial charge in [0, 0.05) is 10.8 Å². The highest BCUT2D eigenvalue weighted by atomic mass is 16.3. The van der Waals surface area contributed by atoms with Crippen LogP contribution >= 0.6 is 0 Å². The summed E-state index contributed by atoms with van der Waals surface area (Å²) in [5.41, 5.74) is -4.93. The molecule has 11 rings (SSSR count). The van der Waals surface area contributed by atoms with E-state index >= 15 is 0 Å². The summed E-state index contributed by atoms with van der Waals surface area (Å²) in [6.07, 6.45) is 0. The van der Waals surface area contributed by atoms with Gasteiger partial charge in [0.15, 0.2) is 0 Å². The third-order valence-electron chi connectivity index (χ3n) is 8.96. The van der Waals surface area contributed by atoms with E-state index in [9.17, 15) is 16.4 Å². The number of rotatable bonds is 4. The standard InChI is InChI=1S/C52H32O/c1-2-12-33(13-3-1)38-24-26-41-47-31-39(25-27-49(47)53-50(41)32-38)46-29-36-16-6-7-17-37(36)30-48(46)52-44-20-10-8-18-42(44)51(43-19-9-11-21-45(43)52)40-23-22-34-14-4-5-15-35(34)28-40/h1-32H/i4D,5D,6D,7D,8D,9D,10D,11D,14D,15D,16D,17D,18D,19D,20D,22D,23D,24D,25D,26D,27D,28D,29D,30D,31D,32D.